The number of benzene rings is 2. The maximum Gasteiger partial charge on any atom is 0.140 e. The van der Waals surface area contributed by atoms with Gasteiger partial charge in [-0.15, -0.1) is 0 Å². The predicted molar refractivity (Wildman–Crippen MR) is 118 cm³/mol. The highest BCUT2D eigenvalue weighted by Crippen LogP contribution is 2.43. The van der Waals surface area contributed by atoms with Crippen molar-refractivity contribution in [1.82, 2.24) is 0 Å². The van der Waals surface area contributed by atoms with Gasteiger partial charge in [-0.3, -0.25) is 4.79 Å². The first-order valence-electron chi connectivity index (χ1n) is 10.4. The number of carbonyl (C=O) groups is 1. The maximum absolute atomic E-state index is 13.3. The lowest BCUT2D eigenvalue weighted by Gasteiger charge is -2.16. The number of carbonyl (C=O) groups excluding carboxylic acids is 1. The average molecular weight is 385 g/mol. The first-order chi connectivity index (χ1) is 14.0. The molecule has 0 spiro atoms. The monoisotopic (exact) mass is 384 g/mol. The Kier molecular flexibility index (Phi) is 5.53. The van der Waals surface area contributed by atoms with Gasteiger partial charge >= 0.3 is 0 Å². The molecule has 0 radical (unpaired) electrons. The second kappa shape index (κ2) is 8.24. The number of allylic oxidation sites excluding steroid dienone is 2. The molecule has 3 aromatic rings. The summed E-state index contributed by atoms with van der Waals surface area (Å²) < 4.78 is 5.71. The van der Waals surface area contributed by atoms with Gasteiger partial charge in [-0.05, 0) is 68.0 Å². The molecule has 4 rings (SSSR count). The van der Waals surface area contributed by atoms with Crippen molar-refractivity contribution in [2.24, 2.45) is 5.92 Å². The van der Waals surface area contributed by atoms with E-state index in [9.17, 15) is 4.79 Å². The summed E-state index contributed by atoms with van der Waals surface area (Å²) in [7, 11) is 0. The summed E-state index contributed by atoms with van der Waals surface area (Å²) >= 11 is 0. The lowest BCUT2D eigenvalue weighted by molar-refractivity contribution is -0.122. The van der Waals surface area contributed by atoms with E-state index in [1.807, 2.05) is 12.1 Å². The fourth-order valence-corrected chi connectivity index (χ4v) is 4.34. The third kappa shape index (κ3) is 4.27. The molecule has 0 aliphatic heterocycles. The van der Waals surface area contributed by atoms with Gasteiger partial charge in [0.2, 0.25) is 0 Å². The van der Waals surface area contributed by atoms with E-state index in [0.29, 0.717) is 12.2 Å². The molecule has 2 heteroatoms. The molecule has 1 heterocycles. The molecule has 0 saturated heterocycles. The molecule has 2 nitrogen and oxygen atoms in total. The number of rotatable bonds is 6. The highest BCUT2D eigenvalue weighted by atomic mass is 16.3. The van der Waals surface area contributed by atoms with Crippen LogP contribution in [0.1, 0.15) is 52.3 Å². The third-order valence-corrected chi connectivity index (χ3v) is 6.10. The molecule has 1 aliphatic rings. The Morgan fingerprint density at radius 2 is 1.76 bits per heavy atom. The molecular formula is C27H28O2. The molecule has 0 saturated carbocycles. The van der Waals surface area contributed by atoms with Gasteiger partial charge in [-0.2, -0.15) is 0 Å². The Hall–Kier alpha value is -2.87. The normalized spacial score (nSPS) is 18.7. The van der Waals surface area contributed by atoms with Gasteiger partial charge in [-0.25, -0.2) is 0 Å². The van der Waals surface area contributed by atoms with Crippen LogP contribution in [0.2, 0.25) is 0 Å². The minimum absolute atomic E-state index is 0.0902. The number of furan rings is 1. The van der Waals surface area contributed by atoms with E-state index in [2.05, 4.69) is 69.3 Å². The zero-order chi connectivity index (χ0) is 20.4. The van der Waals surface area contributed by atoms with E-state index in [0.717, 1.165) is 18.6 Å². The van der Waals surface area contributed by atoms with Crippen LogP contribution in [0, 0.1) is 26.7 Å². The first-order valence-corrected chi connectivity index (χ1v) is 10.4. The Bertz CT molecular complexity index is 1020. The molecular weight excluding hydrogens is 356 g/mol. The quantitative estimate of drug-likeness (QED) is 0.480. The van der Waals surface area contributed by atoms with Crippen molar-refractivity contribution in [3.63, 3.8) is 0 Å². The van der Waals surface area contributed by atoms with E-state index < -0.39 is 0 Å². The second-order valence-corrected chi connectivity index (χ2v) is 8.31. The maximum atomic E-state index is 13.3. The number of hydrogen-bond donors (Lipinski definition) is 0. The number of aryl methyl sites for hydroxylation is 4. The van der Waals surface area contributed by atoms with Crippen LogP contribution in [0.3, 0.4) is 0 Å². The van der Waals surface area contributed by atoms with Crippen molar-refractivity contribution >= 4 is 11.4 Å². The van der Waals surface area contributed by atoms with Crippen molar-refractivity contribution in [1.29, 1.82) is 0 Å². The Morgan fingerprint density at radius 1 is 1.00 bits per heavy atom. The molecule has 0 N–H and O–H groups in total. The summed E-state index contributed by atoms with van der Waals surface area (Å²) in [5, 5.41) is 0. The molecule has 0 fully saturated rings. The highest BCUT2D eigenvalue weighted by molar-refractivity contribution is 5.88. The molecule has 0 amide bonds. The Morgan fingerprint density at radius 3 is 2.48 bits per heavy atom. The van der Waals surface area contributed by atoms with E-state index in [-0.39, 0.29) is 11.8 Å². The van der Waals surface area contributed by atoms with Gasteiger partial charge in [0.05, 0.1) is 6.26 Å². The van der Waals surface area contributed by atoms with Crippen LogP contribution in [-0.2, 0) is 11.2 Å². The molecule has 29 heavy (non-hydrogen) atoms. The largest absolute Gasteiger partial charge is 0.469 e. The zero-order valence-electron chi connectivity index (χ0n) is 17.4. The Balaban J connectivity index is 1.56. The minimum atomic E-state index is -0.123. The molecule has 148 valence electrons. The number of hydrogen-bond acceptors (Lipinski definition) is 2. The van der Waals surface area contributed by atoms with Gasteiger partial charge in [0, 0.05) is 18.3 Å². The molecule has 2 aromatic carbocycles. The van der Waals surface area contributed by atoms with Gasteiger partial charge in [0.25, 0.3) is 0 Å². The summed E-state index contributed by atoms with van der Waals surface area (Å²) in [6.45, 7) is 6.32. The van der Waals surface area contributed by atoms with Crippen LogP contribution >= 0.6 is 0 Å². The van der Waals surface area contributed by atoms with Crippen LogP contribution < -0.4 is 0 Å². The van der Waals surface area contributed by atoms with Gasteiger partial charge < -0.3 is 4.42 Å². The summed E-state index contributed by atoms with van der Waals surface area (Å²) in [5.41, 5.74) is 7.47. The summed E-state index contributed by atoms with van der Waals surface area (Å²) in [6.07, 6.45) is 6.09. The van der Waals surface area contributed by atoms with E-state index >= 15 is 0 Å². The summed E-state index contributed by atoms with van der Waals surface area (Å²) in [6, 6.07) is 19.0. The van der Waals surface area contributed by atoms with Crippen molar-refractivity contribution in [3.8, 4) is 0 Å². The van der Waals surface area contributed by atoms with Crippen molar-refractivity contribution < 1.29 is 9.21 Å². The van der Waals surface area contributed by atoms with Crippen molar-refractivity contribution in [2.45, 2.75) is 46.0 Å². The lowest BCUT2D eigenvalue weighted by atomic mass is 9.86. The zero-order valence-corrected chi connectivity index (χ0v) is 17.4. The molecule has 2 unspecified atom stereocenters. The lowest BCUT2D eigenvalue weighted by Crippen LogP contribution is -2.18. The highest BCUT2D eigenvalue weighted by Gasteiger charge is 2.35. The second-order valence-electron chi connectivity index (χ2n) is 8.31. The topological polar surface area (TPSA) is 30.2 Å². The fraction of sp³-hybridized carbons (Fsp3) is 0.296. The summed E-state index contributed by atoms with van der Waals surface area (Å²) in [4.78, 5) is 13.3. The van der Waals surface area contributed by atoms with Gasteiger partial charge in [-0.1, -0.05) is 59.7 Å². The number of ketones is 1. The smallest absolute Gasteiger partial charge is 0.140 e. The predicted octanol–water partition coefficient (Wildman–Crippen LogP) is 6.59. The fourth-order valence-electron chi connectivity index (χ4n) is 4.34. The molecule has 0 bridgehead atoms. The SMILES string of the molecule is Cc1ccc(C2=CC(C(=O)CCc3cc(C)ccc3C)C(c3ccco3)C2)cc1. The number of Topliss-reactive ketones (excluding diaryl/α,β-unsaturated/α-hetero) is 1. The van der Waals surface area contributed by atoms with Gasteiger partial charge in [0.1, 0.15) is 11.5 Å². The van der Waals surface area contributed by atoms with E-state index in [4.69, 9.17) is 4.42 Å². The van der Waals surface area contributed by atoms with Crippen LogP contribution in [0.5, 0.6) is 0 Å². The Labute approximate surface area is 173 Å². The van der Waals surface area contributed by atoms with E-state index in [1.165, 1.54) is 33.4 Å². The van der Waals surface area contributed by atoms with Crippen LogP contribution in [-0.4, -0.2) is 5.78 Å². The third-order valence-electron chi connectivity index (χ3n) is 6.10. The van der Waals surface area contributed by atoms with Gasteiger partial charge in [0.15, 0.2) is 0 Å². The summed E-state index contributed by atoms with van der Waals surface area (Å²) in [5.74, 6) is 1.18. The van der Waals surface area contributed by atoms with Crippen molar-refractivity contribution in [2.75, 3.05) is 0 Å². The van der Waals surface area contributed by atoms with E-state index in [1.54, 1.807) is 6.26 Å². The van der Waals surface area contributed by atoms with Crippen molar-refractivity contribution in [3.05, 3.63) is 101 Å². The molecule has 1 aromatic heterocycles. The first kappa shape index (κ1) is 19.4. The standard InChI is InChI=1S/C27H28O2/c1-18-7-10-21(11-8-18)23-16-24(25(17-23)27-5-4-14-29-27)26(28)13-12-22-15-19(2)6-9-20(22)3/h4-11,14-16,24-25H,12-13,17H2,1-3H3. The molecule has 1 aliphatic carbocycles. The molecule has 2 atom stereocenters. The average Bonchev–Trinajstić information content (AvgIpc) is 3.38. The van der Waals surface area contributed by atoms with Crippen LogP contribution in [0.15, 0.2) is 71.4 Å². The van der Waals surface area contributed by atoms with Crippen LogP contribution in [0.25, 0.3) is 5.57 Å². The van der Waals surface area contributed by atoms with Crippen LogP contribution in [0.4, 0.5) is 0 Å². The minimum Gasteiger partial charge on any atom is -0.469 e.